The van der Waals surface area contributed by atoms with Crippen LogP contribution < -0.4 is 16.0 Å². The third-order valence-corrected chi connectivity index (χ3v) is 7.20. The van der Waals surface area contributed by atoms with E-state index in [1.165, 1.54) is 9.58 Å². The van der Waals surface area contributed by atoms with Crippen LogP contribution in [-0.2, 0) is 36.9 Å². The van der Waals surface area contributed by atoms with Crippen molar-refractivity contribution in [3.8, 4) is 0 Å². The fourth-order valence-electron chi connectivity index (χ4n) is 4.98. The molecule has 40 heavy (non-hydrogen) atoms. The number of ether oxygens (including phenoxy) is 1. The van der Waals surface area contributed by atoms with E-state index in [9.17, 15) is 19.2 Å². The molecule has 0 spiro atoms. The molecule has 12 nitrogen and oxygen atoms in total. The highest BCUT2D eigenvalue weighted by Gasteiger charge is 2.34. The van der Waals surface area contributed by atoms with E-state index in [-0.39, 0.29) is 43.3 Å². The van der Waals surface area contributed by atoms with Gasteiger partial charge in [0.05, 0.1) is 12.6 Å². The molecule has 3 N–H and O–H groups in total. The van der Waals surface area contributed by atoms with Gasteiger partial charge in [-0.1, -0.05) is 44.2 Å². The fourth-order valence-corrected chi connectivity index (χ4v) is 4.98. The Bertz CT molecular complexity index is 1210. The van der Waals surface area contributed by atoms with Crippen LogP contribution in [0, 0.1) is 12.8 Å². The van der Waals surface area contributed by atoms with Crippen LogP contribution in [0.5, 0.6) is 0 Å². The van der Waals surface area contributed by atoms with Gasteiger partial charge < -0.3 is 25.6 Å². The smallest absolute Gasteiger partial charge is 0.252 e. The zero-order valence-electron chi connectivity index (χ0n) is 23.6. The first-order chi connectivity index (χ1) is 19.1. The minimum Gasteiger partial charge on any atom is -0.368 e. The second-order valence-corrected chi connectivity index (χ2v) is 10.9. The largest absolute Gasteiger partial charge is 0.368 e. The lowest BCUT2D eigenvalue weighted by atomic mass is 10.0. The first kappa shape index (κ1) is 29.2. The van der Waals surface area contributed by atoms with Crippen molar-refractivity contribution in [2.24, 2.45) is 5.92 Å². The van der Waals surface area contributed by atoms with Crippen molar-refractivity contribution in [3.05, 3.63) is 47.5 Å². The average molecular weight is 554 g/mol. The summed E-state index contributed by atoms with van der Waals surface area (Å²) in [7, 11) is 0. The van der Waals surface area contributed by atoms with E-state index in [2.05, 4.69) is 26.0 Å². The van der Waals surface area contributed by atoms with E-state index < -0.39 is 30.1 Å². The second kappa shape index (κ2) is 13.0. The Balaban J connectivity index is 1.70. The molecule has 4 atom stereocenters. The van der Waals surface area contributed by atoms with Crippen LogP contribution in [0.2, 0.25) is 0 Å². The normalized spacial score (nSPS) is 24.9. The number of hydrogen-bond donors (Lipinski definition) is 3. The molecule has 2 aliphatic heterocycles. The SMILES string of the molecule is Cc1nc2n(n1)CC(=O)N[C@H](C)C(=O)N[C@@H](C(C)C)CN(C(=O)[C@H]1CCCO1)CC(=O)N[C@H]2Cc1ccccc1. The average Bonchev–Trinajstić information content (AvgIpc) is 3.56. The molecule has 0 unspecified atom stereocenters. The lowest BCUT2D eigenvalue weighted by Gasteiger charge is -2.32. The Hall–Kier alpha value is -3.80. The first-order valence-electron chi connectivity index (χ1n) is 13.9. The highest BCUT2D eigenvalue weighted by molar-refractivity contribution is 5.89. The number of carbonyl (C=O) groups is 4. The number of amides is 4. The number of aryl methyl sites for hydroxylation is 1. The van der Waals surface area contributed by atoms with Crippen molar-refractivity contribution in [1.29, 1.82) is 0 Å². The van der Waals surface area contributed by atoms with Gasteiger partial charge >= 0.3 is 0 Å². The van der Waals surface area contributed by atoms with Crippen molar-refractivity contribution in [1.82, 2.24) is 35.6 Å². The van der Waals surface area contributed by atoms with E-state index >= 15 is 0 Å². The molecule has 1 aromatic carbocycles. The Morgan fingerprint density at radius 1 is 1.07 bits per heavy atom. The molecule has 1 aromatic heterocycles. The van der Waals surface area contributed by atoms with Crippen LogP contribution in [0.15, 0.2) is 30.3 Å². The predicted molar refractivity (Wildman–Crippen MR) is 146 cm³/mol. The standard InChI is InChI=1S/C28H39N7O5/c1-17(2)22-14-34(28(39)23-11-8-12-40-23)15-24(36)31-21(13-20-9-6-5-7-10-20)26-30-19(4)33-35(26)16-25(37)29-18(3)27(38)32-22/h5-7,9-10,17-18,21-23H,8,11-16H2,1-4H3,(H,29,37)(H,31,36)(H,32,38)/t18-,21+,22-,23-/m1/s1. The minimum absolute atomic E-state index is 0.0478. The molecule has 0 aliphatic carbocycles. The van der Waals surface area contributed by atoms with Gasteiger partial charge in [0.25, 0.3) is 5.91 Å². The first-order valence-corrected chi connectivity index (χ1v) is 13.9. The number of nitrogens with one attached hydrogen (secondary N) is 3. The number of nitrogens with zero attached hydrogens (tertiary/aromatic N) is 4. The molecule has 0 bridgehead atoms. The molecule has 0 saturated carbocycles. The quantitative estimate of drug-likeness (QED) is 0.504. The number of fused-ring (bicyclic) bond motifs is 1. The highest BCUT2D eigenvalue weighted by Crippen LogP contribution is 2.20. The summed E-state index contributed by atoms with van der Waals surface area (Å²) in [4.78, 5) is 59.1. The molecular weight excluding hydrogens is 514 g/mol. The van der Waals surface area contributed by atoms with Gasteiger partial charge in [0.2, 0.25) is 17.7 Å². The maximum absolute atomic E-state index is 13.6. The summed E-state index contributed by atoms with van der Waals surface area (Å²) in [5.41, 5.74) is 0.956. The maximum atomic E-state index is 13.6. The summed E-state index contributed by atoms with van der Waals surface area (Å²) >= 11 is 0. The van der Waals surface area contributed by atoms with Crippen LogP contribution in [0.3, 0.4) is 0 Å². The second-order valence-electron chi connectivity index (χ2n) is 10.9. The van der Waals surface area contributed by atoms with Crippen LogP contribution in [0.25, 0.3) is 0 Å². The van der Waals surface area contributed by atoms with Gasteiger partial charge in [0.1, 0.15) is 24.5 Å². The number of hydrogen-bond acceptors (Lipinski definition) is 7. The Morgan fingerprint density at radius 3 is 2.48 bits per heavy atom. The molecule has 0 radical (unpaired) electrons. The minimum atomic E-state index is -0.825. The molecule has 3 heterocycles. The number of carbonyl (C=O) groups excluding carboxylic acids is 4. The van der Waals surface area contributed by atoms with Gasteiger partial charge in [-0.05, 0) is 44.6 Å². The summed E-state index contributed by atoms with van der Waals surface area (Å²) in [6.45, 7) is 7.40. The lowest BCUT2D eigenvalue weighted by molar-refractivity contribution is -0.145. The summed E-state index contributed by atoms with van der Waals surface area (Å²) < 4.78 is 7.10. The maximum Gasteiger partial charge on any atom is 0.252 e. The Kier molecular flexibility index (Phi) is 9.51. The number of rotatable bonds is 4. The molecule has 2 aromatic rings. The lowest BCUT2D eigenvalue weighted by Crippen LogP contribution is -2.55. The van der Waals surface area contributed by atoms with Gasteiger partial charge in [0.15, 0.2) is 5.82 Å². The van der Waals surface area contributed by atoms with Gasteiger partial charge in [-0.2, -0.15) is 5.10 Å². The summed E-state index contributed by atoms with van der Waals surface area (Å²) in [5.74, 6) is -0.658. The van der Waals surface area contributed by atoms with Crippen molar-refractivity contribution < 1.29 is 23.9 Å². The van der Waals surface area contributed by atoms with Crippen LogP contribution in [-0.4, -0.2) is 81.2 Å². The molecule has 4 rings (SSSR count). The predicted octanol–water partition coefficient (Wildman–Crippen LogP) is 0.653. The Morgan fingerprint density at radius 2 is 1.80 bits per heavy atom. The fraction of sp³-hybridized carbons (Fsp3) is 0.571. The zero-order chi connectivity index (χ0) is 28.8. The molecule has 1 fully saturated rings. The molecule has 2 aliphatic rings. The molecule has 4 amide bonds. The van der Waals surface area contributed by atoms with Crippen molar-refractivity contribution in [2.45, 2.75) is 77.7 Å². The highest BCUT2D eigenvalue weighted by atomic mass is 16.5. The van der Waals surface area contributed by atoms with E-state index in [1.54, 1.807) is 13.8 Å². The number of aromatic nitrogens is 3. The zero-order valence-corrected chi connectivity index (χ0v) is 23.6. The van der Waals surface area contributed by atoms with E-state index in [0.29, 0.717) is 31.1 Å². The third kappa shape index (κ3) is 7.44. The molecular formula is C28H39N7O5. The Labute approximate surface area is 234 Å². The van der Waals surface area contributed by atoms with Gasteiger partial charge in [-0.25, -0.2) is 9.67 Å². The molecule has 216 valence electrons. The summed E-state index contributed by atoms with van der Waals surface area (Å²) in [6, 6.07) is 7.73. The van der Waals surface area contributed by atoms with E-state index in [4.69, 9.17) is 4.74 Å². The monoisotopic (exact) mass is 553 g/mol. The van der Waals surface area contributed by atoms with E-state index in [1.807, 2.05) is 44.2 Å². The van der Waals surface area contributed by atoms with Gasteiger partial charge in [-0.15, -0.1) is 0 Å². The van der Waals surface area contributed by atoms with E-state index in [0.717, 1.165) is 12.0 Å². The number of benzene rings is 1. The third-order valence-electron chi connectivity index (χ3n) is 7.20. The van der Waals surface area contributed by atoms with Crippen molar-refractivity contribution in [2.75, 3.05) is 19.7 Å². The van der Waals surface area contributed by atoms with Gasteiger partial charge in [-0.3, -0.25) is 19.2 Å². The van der Waals surface area contributed by atoms with Crippen molar-refractivity contribution in [3.63, 3.8) is 0 Å². The van der Waals surface area contributed by atoms with Crippen LogP contribution in [0.1, 0.15) is 56.9 Å². The molecule has 12 heteroatoms. The van der Waals surface area contributed by atoms with Crippen LogP contribution in [0.4, 0.5) is 0 Å². The topological polar surface area (TPSA) is 148 Å². The summed E-state index contributed by atoms with van der Waals surface area (Å²) in [6.07, 6.45) is 1.13. The van der Waals surface area contributed by atoms with Crippen molar-refractivity contribution >= 4 is 23.6 Å². The molecule has 1 saturated heterocycles. The summed E-state index contributed by atoms with van der Waals surface area (Å²) in [5, 5.41) is 13.1. The van der Waals surface area contributed by atoms with Crippen LogP contribution >= 0.6 is 0 Å². The van der Waals surface area contributed by atoms with Gasteiger partial charge in [0, 0.05) is 19.2 Å².